The fourth-order valence-corrected chi connectivity index (χ4v) is 2.44. The predicted molar refractivity (Wildman–Crippen MR) is 84.3 cm³/mol. The van der Waals surface area contributed by atoms with Gasteiger partial charge in [0.05, 0.1) is 7.11 Å². The summed E-state index contributed by atoms with van der Waals surface area (Å²) < 4.78 is 5.28. The first-order chi connectivity index (χ1) is 9.19. The van der Waals surface area contributed by atoms with Gasteiger partial charge in [-0.3, -0.25) is 0 Å². The van der Waals surface area contributed by atoms with Gasteiger partial charge in [0, 0.05) is 12.2 Å². The molecule has 0 fully saturated rings. The molecule has 0 amide bonds. The van der Waals surface area contributed by atoms with Crippen molar-refractivity contribution in [2.24, 2.45) is 0 Å². The third-order valence-electron chi connectivity index (χ3n) is 3.57. The number of rotatable bonds is 9. The van der Waals surface area contributed by atoms with Crippen LogP contribution in [0, 0.1) is 13.8 Å². The Labute approximate surface area is 118 Å². The van der Waals surface area contributed by atoms with Crippen LogP contribution in [0.15, 0.2) is 12.1 Å². The minimum absolute atomic E-state index is 0.945. The topological polar surface area (TPSA) is 21.3 Å². The molecule has 0 aromatic heterocycles. The Morgan fingerprint density at radius 3 is 2.11 bits per heavy atom. The minimum atomic E-state index is 0.945. The Bertz CT molecular complexity index is 351. The second-order valence-corrected chi connectivity index (χ2v) is 5.33. The van der Waals surface area contributed by atoms with Crippen LogP contribution in [-0.2, 0) is 0 Å². The number of hydrogen-bond acceptors (Lipinski definition) is 2. The molecule has 0 heterocycles. The molecule has 1 rings (SSSR count). The molecule has 0 atom stereocenters. The molecule has 1 aromatic rings. The van der Waals surface area contributed by atoms with E-state index in [2.05, 4.69) is 38.2 Å². The zero-order valence-corrected chi connectivity index (χ0v) is 13.0. The summed E-state index contributed by atoms with van der Waals surface area (Å²) in [7, 11) is 1.72. The Morgan fingerprint density at radius 2 is 1.53 bits per heavy atom. The van der Waals surface area contributed by atoms with Crippen molar-refractivity contribution in [2.75, 3.05) is 19.0 Å². The summed E-state index contributed by atoms with van der Waals surface area (Å²) >= 11 is 0. The number of hydrogen-bond donors (Lipinski definition) is 1. The SMILES string of the molecule is CCCCCCCCNc1c(C)cc(OC)cc1C. The number of methoxy groups -OCH3 is 1. The number of anilines is 1. The molecule has 108 valence electrons. The second kappa shape index (κ2) is 8.84. The number of unbranched alkanes of at least 4 members (excludes halogenated alkanes) is 5. The third-order valence-corrected chi connectivity index (χ3v) is 3.57. The molecular formula is C17H29NO. The van der Waals surface area contributed by atoms with Crippen LogP contribution in [0.1, 0.15) is 56.6 Å². The van der Waals surface area contributed by atoms with Gasteiger partial charge in [-0.1, -0.05) is 39.0 Å². The molecule has 0 aliphatic heterocycles. The van der Waals surface area contributed by atoms with Crippen LogP contribution in [0.5, 0.6) is 5.75 Å². The molecule has 0 unspecified atom stereocenters. The third kappa shape index (κ3) is 5.54. The van der Waals surface area contributed by atoms with Gasteiger partial charge >= 0.3 is 0 Å². The highest BCUT2D eigenvalue weighted by atomic mass is 16.5. The molecule has 0 aliphatic rings. The molecule has 0 saturated heterocycles. The Kier molecular flexibility index (Phi) is 7.39. The van der Waals surface area contributed by atoms with Crippen molar-refractivity contribution >= 4 is 5.69 Å². The van der Waals surface area contributed by atoms with Gasteiger partial charge in [-0.2, -0.15) is 0 Å². The monoisotopic (exact) mass is 263 g/mol. The van der Waals surface area contributed by atoms with E-state index in [1.165, 1.54) is 55.3 Å². The van der Waals surface area contributed by atoms with Gasteiger partial charge in [-0.25, -0.2) is 0 Å². The maximum absolute atomic E-state index is 5.28. The van der Waals surface area contributed by atoms with Crippen LogP contribution in [-0.4, -0.2) is 13.7 Å². The lowest BCUT2D eigenvalue weighted by molar-refractivity contribution is 0.414. The first-order valence-electron chi connectivity index (χ1n) is 7.58. The summed E-state index contributed by atoms with van der Waals surface area (Å²) in [6.07, 6.45) is 8.05. The zero-order valence-electron chi connectivity index (χ0n) is 13.0. The fraction of sp³-hybridized carbons (Fsp3) is 0.647. The van der Waals surface area contributed by atoms with Crippen molar-refractivity contribution < 1.29 is 4.74 Å². The van der Waals surface area contributed by atoms with E-state index in [1.54, 1.807) is 7.11 Å². The van der Waals surface area contributed by atoms with E-state index in [0.717, 1.165) is 12.3 Å². The first-order valence-corrected chi connectivity index (χ1v) is 7.58. The number of ether oxygens (including phenoxy) is 1. The highest BCUT2D eigenvalue weighted by molar-refractivity contribution is 5.59. The normalized spacial score (nSPS) is 10.5. The molecule has 0 aliphatic carbocycles. The van der Waals surface area contributed by atoms with E-state index >= 15 is 0 Å². The number of aryl methyl sites for hydroxylation is 2. The quantitative estimate of drug-likeness (QED) is 0.627. The molecular weight excluding hydrogens is 234 g/mol. The summed E-state index contributed by atoms with van der Waals surface area (Å²) in [5.74, 6) is 0.945. The van der Waals surface area contributed by atoms with Gasteiger partial charge in [-0.05, 0) is 43.5 Å². The Balaban J connectivity index is 2.33. The standard InChI is InChI=1S/C17H29NO/c1-5-6-7-8-9-10-11-18-17-14(2)12-16(19-4)13-15(17)3/h12-13,18H,5-11H2,1-4H3. The largest absolute Gasteiger partial charge is 0.497 e. The number of nitrogens with one attached hydrogen (secondary N) is 1. The van der Waals surface area contributed by atoms with Gasteiger partial charge in [0.1, 0.15) is 5.75 Å². The Morgan fingerprint density at radius 1 is 0.947 bits per heavy atom. The van der Waals surface area contributed by atoms with Crippen LogP contribution in [0.25, 0.3) is 0 Å². The van der Waals surface area contributed by atoms with E-state index in [0.29, 0.717) is 0 Å². The smallest absolute Gasteiger partial charge is 0.119 e. The number of benzene rings is 1. The lowest BCUT2D eigenvalue weighted by atomic mass is 10.1. The van der Waals surface area contributed by atoms with E-state index < -0.39 is 0 Å². The predicted octanol–water partition coefficient (Wildman–Crippen LogP) is 5.08. The Hall–Kier alpha value is -1.18. The van der Waals surface area contributed by atoms with Crippen molar-refractivity contribution in [3.8, 4) is 5.75 Å². The average Bonchev–Trinajstić information content (AvgIpc) is 2.40. The molecule has 2 heteroatoms. The van der Waals surface area contributed by atoms with Crippen molar-refractivity contribution in [3.05, 3.63) is 23.3 Å². The fourth-order valence-electron chi connectivity index (χ4n) is 2.44. The molecule has 0 radical (unpaired) electrons. The summed E-state index contributed by atoms with van der Waals surface area (Å²) in [5, 5.41) is 3.57. The van der Waals surface area contributed by atoms with Gasteiger partial charge < -0.3 is 10.1 Å². The average molecular weight is 263 g/mol. The minimum Gasteiger partial charge on any atom is -0.497 e. The van der Waals surface area contributed by atoms with Crippen molar-refractivity contribution in [2.45, 2.75) is 59.3 Å². The van der Waals surface area contributed by atoms with E-state index in [9.17, 15) is 0 Å². The molecule has 2 nitrogen and oxygen atoms in total. The lowest BCUT2D eigenvalue weighted by Crippen LogP contribution is -2.05. The zero-order chi connectivity index (χ0) is 14.1. The van der Waals surface area contributed by atoms with Crippen LogP contribution in [0.2, 0.25) is 0 Å². The van der Waals surface area contributed by atoms with E-state index in [1.807, 2.05) is 0 Å². The van der Waals surface area contributed by atoms with Gasteiger partial charge in [0.15, 0.2) is 0 Å². The van der Waals surface area contributed by atoms with Crippen molar-refractivity contribution in [1.29, 1.82) is 0 Å². The maximum Gasteiger partial charge on any atom is 0.119 e. The van der Waals surface area contributed by atoms with Gasteiger partial charge in [0.25, 0.3) is 0 Å². The summed E-state index contributed by atoms with van der Waals surface area (Å²) in [5.41, 5.74) is 3.81. The van der Waals surface area contributed by atoms with Crippen molar-refractivity contribution in [3.63, 3.8) is 0 Å². The summed E-state index contributed by atoms with van der Waals surface area (Å²) in [6, 6.07) is 4.19. The highest BCUT2D eigenvalue weighted by Crippen LogP contribution is 2.26. The molecule has 0 bridgehead atoms. The van der Waals surface area contributed by atoms with Gasteiger partial charge in [-0.15, -0.1) is 0 Å². The van der Waals surface area contributed by atoms with Crippen LogP contribution >= 0.6 is 0 Å². The second-order valence-electron chi connectivity index (χ2n) is 5.33. The van der Waals surface area contributed by atoms with E-state index in [-0.39, 0.29) is 0 Å². The van der Waals surface area contributed by atoms with Crippen LogP contribution < -0.4 is 10.1 Å². The molecule has 0 saturated carbocycles. The van der Waals surface area contributed by atoms with Crippen molar-refractivity contribution in [1.82, 2.24) is 0 Å². The summed E-state index contributed by atoms with van der Waals surface area (Å²) in [4.78, 5) is 0. The molecule has 1 aromatic carbocycles. The summed E-state index contributed by atoms with van der Waals surface area (Å²) in [6.45, 7) is 7.61. The van der Waals surface area contributed by atoms with Gasteiger partial charge in [0.2, 0.25) is 0 Å². The maximum atomic E-state index is 5.28. The van der Waals surface area contributed by atoms with Crippen LogP contribution in [0.4, 0.5) is 5.69 Å². The van der Waals surface area contributed by atoms with E-state index in [4.69, 9.17) is 4.74 Å². The van der Waals surface area contributed by atoms with Crippen LogP contribution in [0.3, 0.4) is 0 Å². The highest BCUT2D eigenvalue weighted by Gasteiger charge is 2.04. The first kappa shape index (κ1) is 15.9. The lowest BCUT2D eigenvalue weighted by Gasteiger charge is -2.14. The molecule has 1 N–H and O–H groups in total. The molecule has 0 spiro atoms. The molecule has 19 heavy (non-hydrogen) atoms.